The molecule has 0 radical (unpaired) electrons. The van der Waals surface area contributed by atoms with E-state index in [1.54, 1.807) is 11.3 Å². The molecule has 0 aliphatic carbocycles. The highest BCUT2D eigenvalue weighted by Gasteiger charge is 2.39. The van der Waals surface area contributed by atoms with Gasteiger partial charge in [-0.15, -0.1) is 5.06 Å². The van der Waals surface area contributed by atoms with Crippen LogP contribution >= 0.6 is 39.1 Å². The van der Waals surface area contributed by atoms with E-state index in [1.807, 2.05) is 38.1 Å². The molecule has 1 heterocycles. The third-order valence-corrected chi connectivity index (χ3v) is 3.38. The molecular weight excluding hydrogens is 325 g/mol. The van der Waals surface area contributed by atoms with Crippen molar-refractivity contribution in [3.63, 3.8) is 0 Å². The van der Waals surface area contributed by atoms with Crippen molar-refractivity contribution in [3.8, 4) is 0 Å². The van der Waals surface area contributed by atoms with Crippen molar-refractivity contribution in [2.45, 2.75) is 24.3 Å². The Hall–Kier alpha value is -0.220. The minimum absolute atomic E-state index is 0.108. The van der Waals surface area contributed by atoms with Gasteiger partial charge in [0.1, 0.15) is 16.8 Å². The second kappa shape index (κ2) is 4.81. The van der Waals surface area contributed by atoms with Crippen LogP contribution in [0, 0.1) is 0 Å². The number of benzene rings is 1. The zero-order valence-electron chi connectivity index (χ0n) is 9.45. The summed E-state index contributed by atoms with van der Waals surface area (Å²) >= 11 is 15.6. The Labute approximate surface area is 119 Å². The Kier molecular flexibility index (Phi) is 3.74. The summed E-state index contributed by atoms with van der Waals surface area (Å²) in [6.45, 7) is 4.00. The molecule has 1 atom stereocenters. The number of hydrogen-bond donors (Lipinski definition) is 0. The maximum atomic E-state index is 6.19. The van der Waals surface area contributed by atoms with Gasteiger partial charge in [0.25, 0.3) is 0 Å². The average Bonchev–Trinajstić information content (AvgIpc) is 2.61. The number of halogens is 3. The molecular formula is C12H12BrCl2NO. The molecule has 1 aromatic rings. The first kappa shape index (κ1) is 13.2. The number of alkyl halides is 1. The first-order chi connectivity index (χ1) is 7.89. The lowest BCUT2D eigenvalue weighted by molar-refractivity contribution is -0.139. The predicted molar refractivity (Wildman–Crippen MR) is 74.1 cm³/mol. The molecule has 2 rings (SSSR count). The third-order valence-electron chi connectivity index (χ3n) is 2.48. The van der Waals surface area contributed by atoms with Crippen LogP contribution in [0.5, 0.6) is 0 Å². The fourth-order valence-corrected chi connectivity index (χ4v) is 2.39. The second-order valence-corrected chi connectivity index (χ2v) is 7.11. The van der Waals surface area contributed by atoms with E-state index in [0.717, 1.165) is 5.56 Å². The summed E-state index contributed by atoms with van der Waals surface area (Å²) in [5.74, 6) is 0. The molecule has 0 saturated carbocycles. The van der Waals surface area contributed by atoms with Crippen molar-refractivity contribution in [3.05, 3.63) is 46.1 Å². The number of rotatable bonds is 2. The molecule has 1 aliphatic heterocycles. The summed E-state index contributed by atoms with van der Waals surface area (Å²) < 4.78 is -0.315. The van der Waals surface area contributed by atoms with Crippen molar-refractivity contribution >= 4 is 39.1 Å². The van der Waals surface area contributed by atoms with Crippen LogP contribution in [0.15, 0.2) is 35.6 Å². The maximum Gasteiger partial charge on any atom is 0.128 e. The molecule has 0 amide bonds. The van der Waals surface area contributed by atoms with Crippen molar-refractivity contribution < 1.29 is 4.84 Å². The fourth-order valence-electron chi connectivity index (χ4n) is 1.72. The highest BCUT2D eigenvalue weighted by atomic mass is 79.9. The predicted octanol–water partition coefficient (Wildman–Crippen LogP) is 4.84. The van der Waals surface area contributed by atoms with Gasteiger partial charge in [-0.3, -0.25) is 0 Å². The van der Waals surface area contributed by atoms with Crippen molar-refractivity contribution in [1.29, 1.82) is 0 Å². The van der Waals surface area contributed by atoms with Crippen LogP contribution in [0.3, 0.4) is 0 Å². The van der Waals surface area contributed by atoms with Gasteiger partial charge in [-0.2, -0.15) is 0 Å². The Morgan fingerprint density at radius 3 is 2.35 bits per heavy atom. The van der Waals surface area contributed by atoms with E-state index in [0.29, 0.717) is 10.1 Å². The van der Waals surface area contributed by atoms with Gasteiger partial charge in [0.05, 0.1) is 5.03 Å². The molecule has 0 aromatic heterocycles. The average molecular weight is 337 g/mol. The molecule has 1 aromatic carbocycles. The molecule has 5 heteroatoms. The number of hydroxylamine groups is 2. The Morgan fingerprint density at radius 2 is 1.82 bits per heavy atom. The van der Waals surface area contributed by atoms with Crippen LogP contribution in [-0.4, -0.2) is 9.51 Å². The zero-order valence-corrected chi connectivity index (χ0v) is 12.6. The van der Waals surface area contributed by atoms with Crippen LogP contribution in [0.2, 0.25) is 5.02 Å². The molecule has 0 fully saturated rings. The molecule has 0 bridgehead atoms. The van der Waals surface area contributed by atoms with Gasteiger partial charge in [-0.25, -0.2) is 0 Å². The smallest absolute Gasteiger partial charge is 0.128 e. The van der Waals surface area contributed by atoms with Crippen molar-refractivity contribution in [2.75, 3.05) is 0 Å². The van der Waals surface area contributed by atoms with Crippen LogP contribution in [0.25, 0.3) is 0 Å². The molecule has 0 N–H and O–H groups in total. The van der Waals surface area contributed by atoms with Gasteiger partial charge in [0, 0.05) is 5.02 Å². The molecule has 2 nitrogen and oxygen atoms in total. The van der Waals surface area contributed by atoms with E-state index in [4.69, 9.17) is 28.0 Å². The van der Waals surface area contributed by atoms with Crippen molar-refractivity contribution in [1.82, 2.24) is 5.06 Å². The van der Waals surface area contributed by atoms with Crippen LogP contribution < -0.4 is 0 Å². The van der Waals surface area contributed by atoms with Gasteiger partial charge in [0.15, 0.2) is 0 Å². The normalized spacial score (nSPS) is 21.2. The standard InChI is InChI=1S/C12H12BrCl2NO/c1-12(2,13)16-11(10(15)7-17-16)8-3-5-9(14)6-4-8/h3-7,11H,1-2H3. The number of hydrogen-bond acceptors (Lipinski definition) is 2. The molecule has 1 aliphatic rings. The lowest BCUT2D eigenvalue weighted by atomic mass is 10.1. The van der Waals surface area contributed by atoms with Crippen molar-refractivity contribution in [2.24, 2.45) is 0 Å². The van der Waals surface area contributed by atoms with Crippen LogP contribution in [-0.2, 0) is 4.84 Å². The minimum Gasteiger partial charge on any atom is -0.410 e. The lowest BCUT2D eigenvalue weighted by Crippen LogP contribution is -2.37. The van der Waals surface area contributed by atoms with Gasteiger partial charge < -0.3 is 4.84 Å². The molecule has 17 heavy (non-hydrogen) atoms. The summed E-state index contributed by atoms with van der Waals surface area (Å²) in [4.78, 5) is 5.49. The van der Waals surface area contributed by atoms with E-state index >= 15 is 0 Å². The van der Waals surface area contributed by atoms with E-state index in [9.17, 15) is 0 Å². The largest absolute Gasteiger partial charge is 0.410 e. The molecule has 92 valence electrons. The summed E-state index contributed by atoms with van der Waals surface area (Å²) in [6.07, 6.45) is 1.56. The highest BCUT2D eigenvalue weighted by molar-refractivity contribution is 9.10. The number of nitrogens with zero attached hydrogens (tertiary/aromatic N) is 1. The zero-order chi connectivity index (χ0) is 12.6. The maximum absolute atomic E-state index is 6.19. The minimum atomic E-state index is -0.315. The van der Waals surface area contributed by atoms with Crippen LogP contribution in [0.4, 0.5) is 0 Å². The first-order valence-electron chi connectivity index (χ1n) is 5.15. The van der Waals surface area contributed by atoms with Gasteiger partial charge in [0.2, 0.25) is 0 Å². The van der Waals surface area contributed by atoms with E-state index in [-0.39, 0.29) is 10.5 Å². The lowest BCUT2D eigenvalue weighted by Gasteiger charge is -2.33. The van der Waals surface area contributed by atoms with Gasteiger partial charge in [-0.05, 0) is 31.5 Å². The Bertz CT molecular complexity index is 439. The summed E-state index contributed by atoms with van der Waals surface area (Å²) in [5, 5.41) is 3.16. The summed E-state index contributed by atoms with van der Waals surface area (Å²) in [6, 6.07) is 7.48. The molecule has 1 unspecified atom stereocenters. The second-order valence-electron chi connectivity index (χ2n) is 4.30. The third kappa shape index (κ3) is 2.79. The Balaban J connectivity index is 2.34. The molecule has 0 spiro atoms. The van der Waals surface area contributed by atoms with E-state index in [2.05, 4.69) is 15.9 Å². The quantitative estimate of drug-likeness (QED) is 0.566. The van der Waals surface area contributed by atoms with Crippen LogP contribution in [0.1, 0.15) is 25.5 Å². The fraction of sp³-hybridized carbons (Fsp3) is 0.333. The Morgan fingerprint density at radius 1 is 1.24 bits per heavy atom. The van der Waals surface area contributed by atoms with Gasteiger partial charge in [-0.1, -0.05) is 51.3 Å². The van der Waals surface area contributed by atoms with E-state index in [1.165, 1.54) is 0 Å². The van der Waals surface area contributed by atoms with Gasteiger partial charge >= 0.3 is 0 Å². The summed E-state index contributed by atoms with van der Waals surface area (Å²) in [7, 11) is 0. The summed E-state index contributed by atoms with van der Waals surface area (Å²) in [5.41, 5.74) is 1.04. The van der Waals surface area contributed by atoms with E-state index < -0.39 is 0 Å². The topological polar surface area (TPSA) is 12.5 Å². The SMILES string of the molecule is CC(C)(Br)N1OC=C(Cl)C1c1ccc(Cl)cc1. The first-order valence-corrected chi connectivity index (χ1v) is 6.70. The monoisotopic (exact) mass is 335 g/mol. The molecule has 0 saturated heterocycles. The highest BCUT2D eigenvalue weighted by Crippen LogP contribution is 2.42.